The molecule has 232 valence electrons. The molecule has 0 aliphatic carbocycles. The number of aromatic nitrogens is 4. The summed E-state index contributed by atoms with van der Waals surface area (Å²) in [5.41, 5.74) is 9.91. The fourth-order valence-corrected chi connectivity index (χ4v) is 8.24. The fraction of sp³-hybridized carbons (Fsp3) is 0. The SMILES string of the molecule is c1ccc2c(c1)Oc1cccc3nc(-n4c5ccccc5c5ccc6c(c7ccccc7n6-c6ccc7oc8ccccc8c7c6)c54)nc-2c13. The van der Waals surface area contributed by atoms with Crippen LogP contribution in [0.15, 0.2) is 150 Å². The van der Waals surface area contributed by atoms with Crippen molar-refractivity contribution in [2.45, 2.75) is 0 Å². The largest absolute Gasteiger partial charge is 0.456 e. The molecule has 1 aliphatic heterocycles. The zero-order valence-electron chi connectivity index (χ0n) is 26.5. The molecule has 0 unspecified atom stereocenters. The predicted octanol–water partition coefficient (Wildman–Crippen LogP) is 11.5. The average molecular weight is 641 g/mol. The van der Waals surface area contributed by atoms with Gasteiger partial charge in [0.05, 0.1) is 38.7 Å². The smallest absolute Gasteiger partial charge is 0.235 e. The Hall–Kier alpha value is -6.92. The second kappa shape index (κ2) is 9.36. The Morgan fingerprint density at radius 2 is 1.20 bits per heavy atom. The molecule has 50 heavy (non-hydrogen) atoms. The van der Waals surface area contributed by atoms with E-state index in [9.17, 15) is 0 Å². The Bertz CT molecular complexity index is 3250. The molecule has 0 N–H and O–H groups in total. The van der Waals surface area contributed by atoms with Gasteiger partial charge in [0.15, 0.2) is 0 Å². The normalized spacial score (nSPS) is 12.6. The van der Waals surface area contributed by atoms with Crippen LogP contribution in [0.3, 0.4) is 0 Å². The average Bonchev–Trinajstić information content (AvgIpc) is 3.82. The quantitative estimate of drug-likeness (QED) is 0.189. The Morgan fingerprint density at radius 3 is 2.12 bits per heavy atom. The Labute approximate surface area is 284 Å². The number of hydrogen-bond acceptors (Lipinski definition) is 4. The van der Waals surface area contributed by atoms with E-state index in [0.717, 1.165) is 105 Å². The van der Waals surface area contributed by atoms with Gasteiger partial charge in [-0.2, -0.15) is 0 Å². The summed E-state index contributed by atoms with van der Waals surface area (Å²) in [4.78, 5) is 10.6. The molecular formula is C44H24N4O2. The van der Waals surface area contributed by atoms with E-state index >= 15 is 0 Å². The van der Waals surface area contributed by atoms with Gasteiger partial charge in [-0.25, -0.2) is 9.97 Å². The van der Waals surface area contributed by atoms with Gasteiger partial charge in [0.1, 0.15) is 22.7 Å². The number of nitrogens with zero attached hydrogens (tertiary/aromatic N) is 4. The molecule has 0 saturated heterocycles. The molecule has 5 heterocycles. The first kappa shape index (κ1) is 26.1. The predicted molar refractivity (Wildman–Crippen MR) is 201 cm³/mol. The van der Waals surface area contributed by atoms with E-state index in [2.05, 4.69) is 112 Å². The molecule has 1 aliphatic rings. The van der Waals surface area contributed by atoms with Crippen LogP contribution in [0.25, 0.3) is 99.3 Å². The number of rotatable bonds is 2. The number of furan rings is 1. The topological polar surface area (TPSA) is 58.0 Å². The van der Waals surface area contributed by atoms with Crippen molar-refractivity contribution in [3.05, 3.63) is 146 Å². The highest BCUT2D eigenvalue weighted by atomic mass is 16.5. The number of para-hydroxylation sites is 4. The summed E-state index contributed by atoms with van der Waals surface area (Å²) >= 11 is 0. The first-order valence-corrected chi connectivity index (χ1v) is 16.8. The van der Waals surface area contributed by atoms with Gasteiger partial charge in [0.2, 0.25) is 5.95 Å². The summed E-state index contributed by atoms with van der Waals surface area (Å²) in [6, 6.07) is 50.7. The van der Waals surface area contributed by atoms with Crippen LogP contribution in [-0.2, 0) is 0 Å². The van der Waals surface area contributed by atoms with Gasteiger partial charge >= 0.3 is 0 Å². The summed E-state index contributed by atoms with van der Waals surface area (Å²) in [6.07, 6.45) is 0. The third kappa shape index (κ3) is 3.32. The zero-order valence-corrected chi connectivity index (χ0v) is 26.5. The highest BCUT2D eigenvalue weighted by molar-refractivity contribution is 6.26. The molecule has 0 amide bonds. The van der Waals surface area contributed by atoms with E-state index < -0.39 is 0 Å². The lowest BCUT2D eigenvalue weighted by molar-refractivity contribution is 0.486. The zero-order chi connectivity index (χ0) is 32.5. The van der Waals surface area contributed by atoms with Gasteiger partial charge in [-0.3, -0.25) is 4.57 Å². The minimum Gasteiger partial charge on any atom is -0.456 e. The monoisotopic (exact) mass is 640 g/mol. The van der Waals surface area contributed by atoms with Crippen molar-refractivity contribution in [2.75, 3.05) is 0 Å². The molecule has 4 aromatic heterocycles. The van der Waals surface area contributed by atoms with Gasteiger partial charge in [0, 0.05) is 43.6 Å². The maximum atomic E-state index is 6.32. The number of hydrogen-bond donors (Lipinski definition) is 0. The summed E-state index contributed by atoms with van der Waals surface area (Å²) in [5, 5.41) is 7.77. The van der Waals surface area contributed by atoms with Gasteiger partial charge in [-0.1, -0.05) is 78.9 Å². The van der Waals surface area contributed by atoms with E-state index in [1.165, 1.54) is 0 Å². The molecule has 0 spiro atoms. The van der Waals surface area contributed by atoms with E-state index in [1.807, 2.05) is 42.5 Å². The van der Waals surface area contributed by atoms with E-state index in [-0.39, 0.29) is 0 Å². The van der Waals surface area contributed by atoms with Gasteiger partial charge < -0.3 is 13.7 Å². The van der Waals surface area contributed by atoms with Crippen LogP contribution in [0, 0.1) is 0 Å². The van der Waals surface area contributed by atoms with Crippen molar-refractivity contribution in [3.8, 4) is 34.4 Å². The molecule has 0 radical (unpaired) electrons. The Balaban J connectivity index is 1.23. The first-order valence-electron chi connectivity index (χ1n) is 16.8. The lowest BCUT2D eigenvalue weighted by Gasteiger charge is -2.21. The number of benzene rings is 7. The van der Waals surface area contributed by atoms with Crippen molar-refractivity contribution in [1.29, 1.82) is 0 Å². The third-order valence-electron chi connectivity index (χ3n) is 10.3. The first-order chi connectivity index (χ1) is 24.8. The van der Waals surface area contributed by atoms with Gasteiger partial charge in [-0.15, -0.1) is 0 Å². The van der Waals surface area contributed by atoms with Gasteiger partial charge in [-0.05, 0) is 66.7 Å². The van der Waals surface area contributed by atoms with Crippen LogP contribution >= 0.6 is 0 Å². The maximum absolute atomic E-state index is 6.32. The minimum atomic E-state index is 0.628. The van der Waals surface area contributed by atoms with Crippen molar-refractivity contribution in [2.24, 2.45) is 0 Å². The van der Waals surface area contributed by atoms with E-state index in [0.29, 0.717) is 5.95 Å². The van der Waals surface area contributed by atoms with Crippen LogP contribution in [0.1, 0.15) is 0 Å². The summed E-state index contributed by atoms with van der Waals surface area (Å²) in [5.74, 6) is 2.20. The van der Waals surface area contributed by atoms with Crippen LogP contribution < -0.4 is 4.74 Å². The fourth-order valence-electron chi connectivity index (χ4n) is 8.24. The molecule has 11 aromatic rings. The molecule has 7 aromatic carbocycles. The molecule has 6 nitrogen and oxygen atoms in total. The summed E-state index contributed by atoms with van der Waals surface area (Å²) in [6.45, 7) is 0. The lowest BCUT2D eigenvalue weighted by Crippen LogP contribution is -2.06. The van der Waals surface area contributed by atoms with E-state index in [1.54, 1.807) is 0 Å². The minimum absolute atomic E-state index is 0.628. The maximum Gasteiger partial charge on any atom is 0.235 e. The molecule has 6 heteroatoms. The van der Waals surface area contributed by atoms with E-state index in [4.69, 9.17) is 19.1 Å². The number of fused-ring (bicyclic) bond motifs is 12. The second-order valence-electron chi connectivity index (χ2n) is 13.0. The van der Waals surface area contributed by atoms with Crippen molar-refractivity contribution in [3.63, 3.8) is 0 Å². The molecule has 0 bridgehead atoms. The van der Waals surface area contributed by atoms with Crippen LogP contribution in [0.5, 0.6) is 11.5 Å². The second-order valence-corrected chi connectivity index (χ2v) is 13.0. The van der Waals surface area contributed by atoms with Gasteiger partial charge in [0.25, 0.3) is 0 Å². The molecule has 12 rings (SSSR count). The third-order valence-corrected chi connectivity index (χ3v) is 10.3. The molecule has 0 fully saturated rings. The van der Waals surface area contributed by atoms with Crippen molar-refractivity contribution < 1.29 is 9.15 Å². The van der Waals surface area contributed by atoms with Crippen molar-refractivity contribution >= 4 is 76.5 Å². The number of ether oxygens (including phenoxy) is 1. The highest BCUT2D eigenvalue weighted by Crippen LogP contribution is 2.47. The van der Waals surface area contributed by atoms with Crippen molar-refractivity contribution in [1.82, 2.24) is 19.1 Å². The highest BCUT2D eigenvalue weighted by Gasteiger charge is 2.26. The molecule has 0 saturated carbocycles. The summed E-state index contributed by atoms with van der Waals surface area (Å²) < 4.78 is 17.2. The van der Waals surface area contributed by atoms with Crippen LogP contribution in [0.4, 0.5) is 0 Å². The summed E-state index contributed by atoms with van der Waals surface area (Å²) in [7, 11) is 0. The molecule has 0 atom stereocenters. The molecular weight excluding hydrogens is 617 g/mol. The standard InChI is InChI=1S/C44H24N4O2/c1-5-15-33-26(10-1)28-21-22-35-40(29-12-2-6-16-34(29)47(35)25-20-23-38-31(24-25)27-11-3-7-17-36(27)49-38)43(28)48(33)44-45-32-14-9-19-39-41(32)42(46-44)30-13-4-8-18-37(30)50-39/h1-24H. The van der Waals surface area contributed by atoms with Crippen LogP contribution in [0.2, 0.25) is 0 Å². The van der Waals surface area contributed by atoms with Crippen LogP contribution in [-0.4, -0.2) is 19.1 Å². The lowest BCUT2D eigenvalue weighted by atomic mass is 10.0. The Kier molecular flexibility index (Phi) is 4.89. The Morgan fingerprint density at radius 1 is 0.460 bits per heavy atom.